The highest BCUT2D eigenvalue weighted by atomic mass is 19.1. The summed E-state index contributed by atoms with van der Waals surface area (Å²) < 4.78 is 25.6. The number of halogens is 1. The van der Waals surface area contributed by atoms with Crippen molar-refractivity contribution in [2.75, 3.05) is 0 Å². The smallest absolute Gasteiger partial charge is 0.494 e. The quantitative estimate of drug-likeness (QED) is 0.673. The van der Waals surface area contributed by atoms with Gasteiger partial charge in [-0.15, -0.1) is 0 Å². The molecule has 3 aromatic rings. The second-order valence-electron chi connectivity index (χ2n) is 8.04. The molecular formula is C22H22BFO3. The van der Waals surface area contributed by atoms with E-state index < -0.39 is 18.3 Å². The Balaban J connectivity index is 1.79. The fourth-order valence-electron chi connectivity index (χ4n) is 3.38. The monoisotopic (exact) mass is 364 g/mol. The van der Waals surface area contributed by atoms with E-state index in [9.17, 15) is 9.50 Å². The first-order valence-corrected chi connectivity index (χ1v) is 9.05. The van der Waals surface area contributed by atoms with Crippen LogP contribution in [-0.2, 0) is 9.31 Å². The van der Waals surface area contributed by atoms with Crippen LogP contribution in [0.1, 0.15) is 27.7 Å². The van der Waals surface area contributed by atoms with Gasteiger partial charge in [0.2, 0.25) is 0 Å². The van der Waals surface area contributed by atoms with Crippen molar-refractivity contribution in [3.8, 4) is 16.9 Å². The minimum absolute atomic E-state index is 0.164. The minimum atomic E-state index is -0.442. The Morgan fingerprint density at radius 3 is 2.11 bits per heavy atom. The van der Waals surface area contributed by atoms with E-state index in [2.05, 4.69) is 0 Å². The maximum atomic E-state index is 13.3. The summed E-state index contributed by atoms with van der Waals surface area (Å²) in [5.41, 5.74) is 1.58. The molecule has 4 rings (SSSR count). The molecule has 1 N–H and O–H groups in total. The van der Waals surface area contributed by atoms with Gasteiger partial charge in [-0.1, -0.05) is 36.4 Å². The normalized spacial score (nSPS) is 18.2. The molecule has 0 spiro atoms. The van der Waals surface area contributed by atoms with Crippen molar-refractivity contribution in [2.24, 2.45) is 0 Å². The summed E-state index contributed by atoms with van der Waals surface area (Å²) in [6.07, 6.45) is 0. The van der Waals surface area contributed by atoms with Gasteiger partial charge in [0.05, 0.1) is 11.2 Å². The summed E-state index contributed by atoms with van der Waals surface area (Å²) in [6, 6.07) is 15.6. The van der Waals surface area contributed by atoms with Crippen LogP contribution >= 0.6 is 0 Å². The lowest BCUT2D eigenvalue weighted by molar-refractivity contribution is 0.00578. The molecule has 0 aromatic heterocycles. The van der Waals surface area contributed by atoms with Crippen LogP contribution in [0.5, 0.6) is 5.75 Å². The molecule has 0 radical (unpaired) electrons. The summed E-state index contributed by atoms with van der Waals surface area (Å²) in [6.45, 7) is 8.11. The van der Waals surface area contributed by atoms with Gasteiger partial charge in [-0.3, -0.25) is 0 Å². The Labute approximate surface area is 158 Å². The second kappa shape index (κ2) is 6.08. The largest absolute Gasteiger partial charge is 0.507 e. The lowest BCUT2D eigenvalue weighted by Crippen LogP contribution is -2.41. The molecule has 1 aliphatic rings. The number of fused-ring (bicyclic) bond motifs is 1. The van der Waals surface area contributed by atoms with Gasteiger partial charge in [0.25, 0.3) is 0 Å². The molecule has 1 aliphatic heterocycles. The summed E-state index contributed by atoms with van der Waals surface area (Å²) in [7, 11) is -0.442. The Bertz CT molecular complexity index is 996. The van der Waals surface area contributed by atoms with E-state index >= 15 is 0 Å². The van der Waals surface area contributed by atoms with E-state index in [0.717, 1.165) is 21.8 Å². The van der Waals surface area contributed by atoms with Crippen molar-refractivity contribution in [1.29, 1.82) is 0 Å². The summed E-state index contributed by atoms with van der Waals surface area (Å²) >= 11 is 0. The molecule has 5 heteroatoms. The molecule has 0 bridgehead atoms. The zero-order valence-electron chi connectivity index (χ0n) is 15.9. The van der Waals surface area contributed by atoms with Gasteiger partial charge >= 0.3 is 7.12 Å². The third-order valence-electron chi connectivity index (χ3n) is 5.68. The summed E-state index contributed by atoms with van der Waals surface area (Å²) in [4.78, 5) is 0. The van der Waals surface area contributed by atoms with Crippen LogP contribution in [0, 0.1) is 5.82 Å². The van der Waals surface area contributed by atoms with Crippen LogP contribution in [0.15, 0.2) is 54.6 Å². The van der Waals surface area contributed by atoms with Crippen molar-refractivity contribution in [3.05, 3.63) is 60.4 Å². The van der Waals surface area contributed by atoms with E-state index in [-0.39, 0.29) is 11.6 Å². The lowest BCUT2D eigenvalue weighted by atomic mass is 9.78. The van der Waals surface area contributed by atoms with Crippen LogP contribution < -0.4 is 5.46 Å². The third kappa shape index (κ3) is 3.01. The van der Waals surface area contributed by atoms with Gasteiger partial charge in [-0.25, -0.2) is 4.39 Å². The first kappa shape index (κ1) is 18.0. The fourth-order valence-corrected chi connectivity index (χ4v) is 3.38. The zero-order valence-corrected chi connectivity index (χ0v) is 15.9. The molecule has 3 nitrogen and oxygen atoms in total. The van der Waals surface area contributed by atoms with E-state index in [1.807, 2.05) is 52.0 Å². The average molecular weight is 364 g/mol. The Morgan fingerprint density at radius 2 is 1.48 bits per heavy atom. The molecule has 1 saturated heterocycles. The molecule has 1 fully saturated rings. The number of hydrogen-bond donors (Lipinski definition) is 1. The summed E-state index contributed by atoms with van der Waals surface area (Å²) in [5.74, 6) is -0.140. The van der Waals surface area contributed by atoms with Crippen LogP contribution in [-0.4, -0.2) is 23.4 Å². The zero-order chi connectivity index (χ0) is 19.4. The van der Waals surface area contributed by atoms with Crippen LogP contribution in [0.3, 0.4) is 0 Å². The Kier molecular flexibility index (Phi) is 4.06. The van der Waals surface area contributed by atoms with Crippen molar-refractivity contribution in [3.63, 3.8) is 0 Å². The molecule has 1 heterocycles. The van der Waals surface area contributed by atoms with Gasteiger partial charge in [0, 0.05) is 5.56 Å². The Hall–Kier alpha value is -2.37. The van der Waals surface area contributed by atoms with E-state index in [1.165, 1.54) is 12.1 Å². The lowest BCUT2D eigenvalue weighted by Gasteiger charge is -2.32. The molecule has 0 saturated carbocycles. The van der Waals surface area contributed by atoms with Gasteiger partial charge in [0.1, 0.15) is 11.6 Å². The number of phenolic OH excluding ortho intramolecular Hbond substituents is 1. The number of phenols is 1. The van der Waals surface area contributed by atoms with Crippen molar-refractivity contribution < 1.29 is 18.8 Å². The maximum absolute atomic E-state index is 13.3. The van der Waals surface area contributed by atoms with E-state index in [0.29, 0.717) is 5.56 Å². The van der Waals surface area contributed by atoms with Gasteiger partial charge in [-0.2, -0.15) is 0 Å². The van der Waals surface area contributed by atoms with Crippen LogP contribution in [0.4, 0.5) is 4.39 Å². The first-order valence-electron chi connectivity index (χ1n) is 9.05. The topological polar surface area (TPSA) is 38.7 Å². The van der Waals surface area contributed by atoms with Gasteiger partial charge < -0.3 is 14.4 Å². The van der Waals surface area contributed by atoms with Crippen molar-refractivity contribution >= 4 is 23.4 Å². The van der Waals surface area contributed by atoms with Gasteiger partial charge in [0.15, 0.2) is 0 Å². The van der Waals surface area contributed by atoms with E-state index in [4.69, 9.17) is 9.31 Å². The average Bonchev–Trinajstić information content (AvgIpc) is 2.83. The van der Waals surface area contributed by atoms with Crippen LogP contribution in [0.25, 0.3) is 21.9 Å². The molecule has 0 atom stereocenters. The predicted molar refractivity (Wildman–Crippen MR) is 107 cm³/mol. The molecule has 3 aromatic carbocycles. The number of benzene rings is 3. The number of aromatic hydroxyl groups is 1. The van der Waals surface area contributed by atoms with Crippen LogP contribution in [0.2, 0.25) is 0 Å². The molecule has 0 aliphatic carbocycles. The minimum Gasteiger partial charge on any atom is -0.507 e. The maximum Gasteiger partial charge on any atom is 0.494 e. The fraction of sp³-hybridized carbons (Fsp3) is 0.273. The van der Waals surface area contributed by atoms with Gasteiger partial charge in [-0.05, 0) is 67.7 Å². The molecule has 27 heavy (non-hydrogen) atoms. The second-order valence-corrected chi connectivity index (χ2v) is 8.04. The predicted octanol–water partition coefficient (Wildman–Crippen LogP) is 4.65. The Morgan fingerprint density at radius 1 is 0.852 bits per heavy atom. The molecule has 0 amide bonds. The third-order valence-corrected chi connectivity index (χ3v) is 5.68. The number of hydrogen-bond acceptors (Lipinski definition) is 3. The van der Waals surface area contributed by atoms with Crippen molar-refractivity contribution in [2.45, 2.75) is 38.9 Å². The van der Waals surface area contributed by atoms with Crippen molar-refractivity contribution in [1.82, 2.24) is 0 Å². The van der Waals surface area contributed by atoms with E-state index in [1.54, 1.807) is 18.2 Å². The first-order chi connectivity index (χ1) is 12.7. The highest BCUT2D eigenvalue weighted by molar-refractivity contribution is 6.62. The summed E-state index contributed by atoms with van der Waals surface area (Å²) in [5, 5.41) is 12.3. The highest BCUT2D eigenvalue weighted by Crippen LogP contribution is 2.38. The number of rotatable bonds is 2. The molecular weight excluding hydrogens is 342 g/mol. The molecule has 138 valence electrons. The molecule has 0 unspecified atom stereocenters. The standard InChI is InChI=1S/C22H22BFO3/c1-21(2)22(3,4)27-23(26-21)16-8-11-18-15(13-16)7-12-19(25)20(18)14-5-9-17(24)10-6-14/h5-13,25H,1-4H3. The SMILES string of the molecule is CC1(C)OB(c2ccc3c(-c4ccc(F)cc4)c(O)ccc3c2)OC1(C)C. The highest BCUT2D eigenvalue weighted by Gasteiger charge is 2.51.